The fraction of sp³-hybridized carbons (Fsp3) is 0.188. The molecule has 0 saturated heterocycles. The van der Waals surface area contributed by atoms with Crippen LogP contribution in [-0.2, 0) is 13.1 Å². The molecule has 19 heavy (non-hydrogen) atoms. The number of hydrogen-bond acceptors (Lipinski definition) is 2. The maximum absolute atomic E-state index is 5.81. The number of nitrogens with two attached hydrogens (primary N) is 1. The molecule has 3 aromatic rings. The van der Waals surface area contributed by atoms with Gasteiger partial charge in [-0.1, -0.05) is 42.0 Å². The molecule has 0 aliphatic rings. The number of nitrogens with zero attached hydrogens (tertiary/aromatic N) is 2. The molecule has 0 fully saturated rings. The maximum Gasteiger partial charge on any atom is 0.123 e. The molecule has 2 N–H and O–H groups in total. The van der Waals surface area contributed by atoms with Gasteiger partial charge in [-0.05, 0) is 24.6 Å². The Morgan fingerprint density at radius 1 is 1.05 bits per heavy atom. The van der Waals surface area contributed by atoms with E-state index in [2.05, 4.69) is 46.8 Å². The Labute approximate surface area is 112 Å². The van der Waals surface area contributed by atoms with Crippen LogP contribution in [0.3, 0.4) is 0 Å². The molecule has 0 aliphatic carbocycles. The molecule has 0 saturated carbocycles. The average Bonchev–Trinajstić information content (AvgIpc) is 2.79. The Hall–Kier alpha value is -2.13. The van der Waals surface area contributed by atoms with E-state index in [1.165, 1.54) is 11.1 Å². The zero-order chi connectivity index (χ0) is 13.2. The highest BCUT2D eigenvalue weighted by Gasteiger charge is 2.09. The Bertz CT molecular complexity index is 696. The lowest BCUT2D eigenvalue weighted by Crippen LogP contribution is -2.09. The fourth-order valence-corrected chi connectivity index (χ4v) is 2.33. The number of rotatable bonds is 3. The summed E-state index contributed by atoms with van der Waals surface area (Å²) in [4.78, 5) is 4.58. The van der Waals surface area contributed by atoms with Gasteiger partial charge < -0.3 is 10.3 Å². The topological polar surface area (TPSA) is 43.8 Å². The van der Waals surface area contributed by atoms with Crippen molar-refractivity contribution in [3.05, 3.63) is 65.5 Å². The van der Waals surface area contributed by atoms with E-state index >= 15 is 0 Å². The summed E-state index contributed by atoms with van der Waals surface area (Å²) in [6.07, 6.45) is 0. The molecular formula is C16H17N3. The molecule has 0 atom stereocenters. The third-order valence-electron chi connectivity index (χ3n) is 3.38. The van der Waals surface area contributed by atoms with Gasteiger partial charge in [0, 0.05) is 6.54 Å². The third kappa shape index (κ3) is 2.25. The molecule has 0 unspecified atom stereocenters. The average molecular weight is 251 g/mol. The van der Waals surface area contributed by atoms with Crippen molar-refractivity contribution in [2.75, 3.05) is 0 Å². The van der Waals surface area contributed by atoms with Gasteiger partial charge in [-0.25, -0.2) is 4.98 Å². The van der Waals surface area contributed by atoms with Crippen LogP contribution in [0.15, 0.2) is 48.5 Å². The third-order valence-corrected chi connectivity index (χ3v) is 3.38. The van der Waals surface area contributed by atoms with E-state index in [4.69, 9.17) is 5.73 Å². The highest BCUT2D eigenvalue weighted by atomic mass is 15.1. The van der Waals surface area contributed by atoms with Crippen LogP contribution in [-0.4, -0.2) is 9.55 Å². The number of imidazole rings is 1. The van der Waals surface area contributed by atoms with Gasteiger partial charge in [0.1, 0.15) is 5.82 Å². The Morgan fingerprint density at radius 2 is 1.79 bits per heavy atom. The quantitative estimate of drug-likeness (QED) is 0.778. The van der Waals surface area contributed by atoms with Crippen LogP contribution < -0.4 is 5.73 Å². The zero-order valence-corrected chi connectivity index (χ0v) is 11.0. The summed E-state index contributed by atoms with van der Waals surface area (Å²) in [6, 6.07) is 16.7. The van der Waals surface area contributed by atoms with E-state index in [1.54, 1.807) is 0 Å². The predicted molar refractivity (Wildman–Crippen MR) is 77.9 cm³/mol. The van der Waals surface area contributed by atoms with Crippen molar-refractivity contribution < 1.29 is 0 Å². The van der Waals surface area contributed by atoms with Gasteiger partial charge in [-0.3, -0.25) is 0 Å². The predicted octanol–water partition coefficient (Wildman–Crippen LogP) is 2.85. The van der Waals surface area contributed by atoms with Crippen molar-refractivity contribution in [2.45, 2.75) is 20.0 Å². The minimum Gasteiger partial charge on any atom is -0.324 e. The van der Waals surface area contributed by atoms with Gasteiger partial charge in [-0.2, -0.15) is 0 Å². The Kier molecular flexibility index (Phi) is 3.05. The number of aromatic nitrogens is 2. The summed E-state index contributed by atoms with van der Waals surface area (Å²) in [5, 5.41) is 0. The molecule has 1 heterocycles. The van der Waals surface area contributed by atoms with E-state index < -0.39 is 0 Å². The van der Waals surface area contributed by atoms with Crippen molar-refractivity contribution in [2.24, 2.45) is 5.73 Å². The lowest BCUT2D eigenvalue weighted by molar-refractivity contribution is 0.744. The van der Waals surface area contributed by atoms with Gasteiger partial charge in [0.05, 0.1) is 17.6 Å². The van der Waals surface area contributed by atoms with Crippen LogP contribution in [0.4, 0.5) is 0 Å². The lowest BCUT2D eigenvalue weighted by atomic mass is 10.1. The smallest absolute Gasteiger partial charge is 0.123 e. The number of aryl methyl sites for hydroxylation is 1. The van der Waals surface area contributed by atoms with Crippen LogP contribution in [0.2, 0.25) is 0 Å². The molecule has 0 amide bonds. The minimum atomic E-state index is 0.459. The van der Waals surface area contributed by atoms with Crippen LogP contribution >= 0.6 is 0 Å². The second-order valence-electron chi connectivity index (χ2n) is 4.79. The van der Waals surface area contributed by atoms with Crippen LogP contribution in [0.1, 0.15) is 17.0 Å². The summed E-state index contributed by atoms with van der Waals surface area (Å²) in [7, 11) is 0. The summed E-state index contributed by atoms with van der Waals surface area (Å²) in [5.74, 6) is 0.932. The highest BCUT2D eigenvalue weighted by Crippen LogP contribution is 2.17. The first kappa shape index (κ1) is 11.9. The molecule has 0 radical (unpaired) electrons. The molecule has 1 aromatic heterocycles. The first-order valence-corrected chi connectivity index (χ1v) is 6.47. The Balaban J connectivity index is 2.06. The van der Waals surface area contributed by atoms with E-state index in [9.17, 15) is 0 Å². The second kappa shape index (κ2) is 4.86. The van der Waals surface area contributed by atoms with E-state index in [0.717, 1.165) is 23.4 Å². The van der Waals surface area contributed by atoms with Gasteiger partial charge in [-0.15, -0.1) is 0 Å². The Morgan fingerprint density at radius 3 is 2.53 bits per heavy atom. The lowest BCUT2D eigenvalue weighted by Gasteiger charge is -2.08. The maximum atomic E-state index is 5.81. The monoisotopic (exact) mass is 251 g/mol. The summed E-state index contributed by atoms with van der Waals surface area (Å²) < 4.78 is 2.19. The molecule has 3 heteroatoms. The number of hydrogen-bond donors (Lipinski definition) is 1. The van der Waals surface area contributed by atoms with Crippen molar-refractivity contribution >= 4 is 11.0 Å². The number of benzene rings is 2. The standard InChI is InChI=1S/C16H17N3/c1-12-6-8-13(9-7-12)11-19-15-5-3-2-4-14(15)18-16(19)10-17/h2-9H,10-11,17H2,1H3. The normalized spacial score (nSPS) is 11.1. The molecule has 96 valence electrons. The minimum absolute atomic E-state index is 0.459. The van der Waals surface area contributed by atoms with Gasteiger partial charge in [0.2, 0.25) is 0 Å². The number of fused-ring (bicyclic) bond motifs is 1. The van der Waals surface area contributed by atoms with Gasteiger partial charge in [0.15, 0.2) is 0 Å². The molecule has 3 rings (SSSR count). The first-order chi connectivity index (χ1) is 9.28. The molecule has 2 aromatic carbocycles. The summed E-state index contributed by atoms with van der Waals surface area (Å²) in [6.45, 7) is 3.37. The SMILES string of the molecule is Cc1ccc(Cn2c(CN)nc3ccccc32)cc1. The molecule has 0 spiro atoms. The van der Waals surface area contributed by atoms with Crippen LogP contribution in [0, 0.1) is 6.92 Å². The summed E-state index contributed by atoms with van der Waals surface area (Å²) in [5.41, 5.74) is 10.5. The molecule has 0 bridgehead atoms. The van der Waals surface area contributed by atoms with Crippen molar-refractivity contribution in [1.29, 1.82) is 0 Å². The zero-order valence-electron chi connectivity index (χ0n) is 11.0. The van der Waals surface area contributed by atoms with Crippen molar-refractivity contribution in [3.63, 3.8) is 0 Å². The van der Waals surface area contributed by atoms with Crippen molar-refractivity contribution in [1.82, 2.24) is 9.55 Å². The molecule has 3 nitrogen and oxygen atoms in total. The van der Waals surface area contributed by atoms with E-state index in [0.29, 0.717) is 6.54 Å². The van der Waals surface area contributed by atoms with Crippen LogP contribution in [0.5, 0.6) is 0 Å². The highest BCUT2D eigenvalue weighted by molar-refractivity contribution is 5.76. The second-order valence-corrected chi connectivity index (χ2v) is 4.79. The van der Waals surface area contributed by atoms with Gasteiger partial charge in [0.25, 0.3) is 0 Å². The first-order valence-electron chi connectivity index (χ1n) is 6.47. The fourth-order valence-electron chi connectivity index (χ4n) is 2.33. The van der Waals surface area contributed by atoms with E-state index in [1.807, 2.05) is 18.2 Å². The largest absolute Gasteiger partial charge is 0.324 e. The van der Waals surface area contributed by atoms with Crippen LogP contribution in [0.25, 0.3) is 11.0 Å². The summed E-state index contributed by atoms with van der Waals surface area (Å²) >= 11 is 0. The van der Waals surface area contributed by atoms with Gasteiger partial charge >= 0.3 is 0 Å². The molecule has 0 aliphatic heterocycles. The molecular weight excluding hydrogens is 234 g/mol. The number of para-hydroxylation sites is 2. The van der Waals surface area contributed by atoms with Crippen molar-refractivity contribution in [3.8, 4) is 0 Å². The van der Waals surface area contributed by atoms with E-state index in [-0.39, 0.29) is 0 Å².